The number of para-hydroxylation sites is 1. The molecule has 0 atom stereocenters. The molecule has 0 unspecified atom stereocenters. The van der Waals surface area contributed by atoms with Crippen molar-refractivity contribution in [3.8, 4) is 0 Å². The van der Waals surface area contributed by atoms with Gasteiger partial charge in [-0.15, -0.1) is 0 Å². The van der Waals surface area contributed by atoms with Crippen LogP contribution in [0.1, 0.15) is 18.9 Å². The van der Waals surface area contributed by atoms with Crippen molar-refractivity contribution in [3.05, 3.63) is 36.0 Å². The largest absolute Gasteiger partial charge is 0.349 e. The summed E-state index contributed by atoms with van der Waals surface area (Å²) in [5.74, 6) is 0.172. The topological polar surface area (TPSA) is 25.2 Å². The van der Waals surface area contributed by atoms with E-state index in [0.29, 0.717) is 6.42 Å². The Bertz CT molecular complexity index is 555. The Hall–Kier alpha value is -1.77. The van der Waals surface area contributed by atoms with Crippen LogP contribution in [0.3, 0.4) is 0 Å². The van der Waals surface area contributed by atoms with Crippen LogP contribution < -0.4 is 0 Å². The minimum absolute atomic E-state index is 0.172. The molecule has 0 fully saturated rings. The van der Waals surface area contributed by atoms with Gasteiger partial charge in [0.15, 0.2) is 0 Å². The van der Waals surface area contributed by atoms with E-state index in [4.69, 9.17) is 0 Å². The van der Waals surface area contributed by atoms with Crippen molar-refractivity contribution < 1.29 is 4.79 Å². The monoisotopic (exact) mass is 244 g/mol. The second-order valence-electron chi connectivity index (χ2n) is 4.76. The number of fused-ring (bicyclic) bond motifs is 1. The van der Waals surface area contributed by atoms with Crippen molar-refractivity contribution in [1.82, 2.24) is 9.47 Å². The molecule has 3 nitrogen and oxygen atoms in total. The van der Waals surface area contributed by atoms with Gasteiger partial charge in [0.25, 0.3) is 0 Å². The number of benzene rings is 1. The number of nitrogens with zero attached hydrogens (tertiary/aromatic N) is 2. The minimum atomic E-state index is 0.172. The fourth-order valence-corrected chi connectivity index (χ4v) is 2.25. The highest BCUT2D eigenvalue weighted by molar-refractivity contribution is 5.83. The molecule has 1 heterocycles. The third kappa shape index (κ3) is 2.40. The fourth-order valence-electron chi connectivity index (χ4n) is 2.25. The van der Waals surface area contributed by atoms with Gasteiger partial charge in [0.1, 0.15) is 0 Å². The molecule has 2 aromatic rings. The second kappa shape index (κ2) is 5.25. The molecule has 0 bridgehead atoms. The molecule has 3 heteroatoms. The molecule has 1 aromatic carbocycles. The zero-order valence-corrected chi connectivity index (χ0v) is 11.3. The Kier molecular flexibility index (Phi) is 3.70. The lowest BCUT2D eigenvalue weighted by atomic mass is 10.1. The predicted octanol–water partition coefficient (Wildman–Crippen LogP) is 2.68. The molecular weight excluding hydrogens is 224 g/mol. The van der Waals surface area contributed by atoms with E-state index >= 15 is 0 Å². The van der Waals surface area contributed by atoms with E-state index in [1.54, 1.807) is 19.0 Å². The number of hydrogen-bond acceptors (Lipinski definition) is 1. The van der Waals surface area contributed by atoms with Crippen LogP contribution in [0.25, 0.3) is 10.9 Å². The van der Waals surface area contributed by atoms with Crippen molar-refractivity contribution in [1.29, 1.82) is 0 Å². The third-order valence-electron chi connectivity index (χ3n) is 3.32. The molecule has 0 radical (unpaired) electrons. The van der Waals surface area contributed by atoms with Crippen molar-refractivity contribution in [2.45, 2.75) is 26.3 Å². The van der Waals surface area contributed by atoms with E-state index in [0.717, 1.165) is 13.0 Å². The van der Waals surface area contributed by atoms with Crippen molar-refractivity contribution in [2.24, 2.45) is 0 Å². The third-order valence-corrected chi connectivity index (χ3v) is 3.32. The first kappa shape index (κ1) is 12.7. The van der Waals surface area contributed by atoms with Gasteiger partial charge in [-0.2, -0.15) is 0 Å². The second-order valence-corrected chi connectivity index (χ2v) is 4.76. The molecular formula is C15H20N2O. The normalized spacial score (nSPS) is 10.8. The molecule has 1 aromatic heterocycles. The van der Waals surface area contributed by atoms with Crippen LogP contribution in [0, 0.1) is 0 Å². The predicted molar refractivity (Wildman–Crippen MR) is 74.6 cm³/mol. The summed E-state index contributed by atoms with van der Waals surface area (Å²) >= 11 is 0. The maximum absolute atomic E-state index is 11.6. The van der Waals surface area contributed by atoms with Crippen LogP contribution in [-0.2, 0) is 17.8 Å². The van der Waals surface area contributed by atoms with E-state index < -0.39 is 0 Å². The summed E-state index contributed by atoms with van der Waals surface area (Å²) < 4.78 is 2.19. The van der Waals surface area contributed by atoms with Crippen molar-refractivity contribution >= 4 is 16.8 Å². The molecule has 2 rings (SSSR count). The Morgan fingerprint density at radius 3 is 2.72 bits per heavy atom. The highest BCUT2D eigenvalue weighted by Gasteiger charge is 2.08. The summed E-state index contributed by atoms with van der Waals surface area (Å²) in [6.07, 6.45) is 3.64. The quantitative estimate of drug-likeness (QED) is 0.811. The maximum Gasteiger partial charge on any atom is 0.223 e. The summed E-state index contributed by atoms with van der Waals surface area (Å²) in [5.41, 5.74) is 2.61. The Labute approximate surface area is 108 Å². The van der Waals surface area contributed by atoms with Gasteiger partial charge in [-0.3, -0.25) is 4.79 Å². The molecule has 0 saturated heterocycles. The van der Waals surface area contributed by atoms with Gasteiger partial charge in [-0.1, -0.05) is 25.1 Å². The average molecular weight is 244 g/mol. The summed E-state index contributed by atoms with van der Waals surface area (Å²) in [5, 5.41) is 1.26. The van der Waals surface area contributed by atoms with Gasteiger partial charge in [0.2, 0.25) is 5.91 Å². The van der Waals surface area contributed by atoms with E-state index in [2.05, 4.69) is 42.0 Å². The van der Waals surface area contributed by atoms with E-state index in [-0.39, 0.29) is 5.91 Å². The smallest absolute Gasteiger partial charge is 0.223 e. The molecule has 0 spiro atoms. The number of aryl methyl sites for hydroxylation is 2. The van der Waals surface area contributed by atoms with E-state index in [1.165, 1.54) is 16.5 Å². The molecule has 96 valence electrons. The summed E-state index contributed by atoms with van der Waals surface area (Å²) in [6.45, 7) is 2.91. The van der Waals surface area contributed by atoms with Gasteiger partial charge in [-0.25, -0.2) is 0 Å². The highest BCUT2D eigenvalue weighted by Crippen LogP contribution is 2.21. The van der Waals surface area contributed by atoms with Crippen molar-refractivity contribution in [2.75, 3.05) is 14.1 Å². The number of amides is 1. The summed E-state index contributed by atoms with van der Waals surface area (Å²) in [4.78, 5) is 13.3. The van der Waals surface area contributed by atoms with Gasteiger partial charge >= 0.3 is 0 Å². The van der Waals surface area contributed by atoms with Crippen molar-refractivity contribution in [3.63, 3.8) is 0 Å². The molecule has 1 amide bonds. The number of carbonyl (C=O) groups is 1. The summed E-state index contributed by atoms with van der Waals surface area (Å²) in [6, 6.07) is 8.50. The maximum atomic E-state index is 11.6. The van der Waals surface area contributed by atoms with Crippen LogP contribution in [0.4, 0.5) is 0 Å². The first-order valence-electron chi connectivity index (χ1n) is 6.40. The van der Waals surface area contributed by atoms with Gasteiger partial charge in [0.05, 0.1) is 5.52 Å². The van der Waals surface area contributed by atoms with Crippen LogP contribution in [0.5, 0.6) is 0 Å². The highest BCUT2D eigenvalue weighted by atomic mass is 16.2. The Balaban J connectivity index is 2.26. The molecule has 0 N–H and O–H groups in total. The zero-order valence-electron chi connectivity index (χ0n) is 11.3. The Morgan fingerprint density at radius 1 is 1.28 bits per heavy atom. The SMILES string of the molecule is CCc1cccc2ccn(CCC(=O)N(C)C)c12. The molecule has 0 saturated carbocycles. The minimum Gasteiger partial charge on any atom is -0.349 e. The molecule has 0 aliphatic carbocycles. The standard InChI is InChI=1S/C15H20N2O/c1-4-12-6-5-7-13-8-10-17(15(12)13)11-9-14(18)16(2)3/h5-8,10H,4,9,11H2,1-3H3. The summed E-state index contributed by atoms with van der Waals surface area (Å²) in [7, 11) is 3.60. The zero-order chi connectivity index (χ0) is 13.1. The van der Waals surface area contributed by atoms with Crippen LogP contribution in [0.2, 0.25) is 0 Å². The fraction of sp³-hybridized carbons (Fsp3) is 0.400. The number of rotatable bonds is 4. The lowest BCUT2D eigenvalue weighted by molar-refractivity contribution is -0.128. The number of aromatic nitrogens is 1. The molecule has 18 heavy (non-hydrogen) atoms. The lowest BCUT2D eigenvalue weighted by Crippen LogP contribution is -2.22. The van der Waals surface area contributed by atoms with E-state index in [1.807, 2.05) is 0 Å². The number of hydrogen-bond donors (Lipinski definition) is 0. The van der Waals surface area contributed by atoms with E-state index in [9.17, 15) is 4.79 Å². The first-order valence-corrected chi connectivity index (χ1v) is 6.40. The van der Waals surface area contributed by atoms with Crippen LogP contribution in [-0.4, -0.2) is 29.5 Å². The van der Waals surface area contributed by atoms with Gasteiger partial charge in [-0.05, 0) is 23.4 Å². The average Bonchev–Trinajstić information content (AvgIpc) is 2.78. The first-order chi connectivity index (χ1) is 8.63. The lowest BCUT2D eigenvalue weighted by Gasteiger charge is -2.12. The molecule has 0 aliphatic heterocycles. The van der Waals surface area contributed by atoms with Gasteiger partial charge < -0.3 is 9.47 Å². The Morgan fingerprint density at radius 2 is 2.06 bits per heavy atom. The van der Waals surface area contributed by atoms with Crippen LogP contribution >= 0.6 is 0 Å². The van der Waals surface area contributed by atoms with Crippen LogP contribution in [0.15, 0.2) is 30.5 Å². The van der Waals surface area contributed by atoms with Gasteiger partial charge in [0, 0.05) is 33.3 Å². The molecule has 0 aliphatic rings. The number of carbonyl (C=O) groups excluding carboxylic acids is 1.